The number of imidazole rings is 1. The predicted octanol–water partition coefficient (Wildman–Crippen LogP) is 3.13. The molecule has 0 aliphatic carbocycles. The minimum atomic E-state index is 0.519. The van der Waals surface area contributed by atoms with E-state index in [2.05, 4.69) is 20.2 Å². The van der Waals surface area contributed by atoms with E-state index in [-0.39, 0.29) is 0 Å². The molecular weight excluding hydrogens is 176 g/mol. The molecule has 0 amide bonds. The van der Waals surface area contributed by atoms with E-state index >= 15 is 0 Å². The number of aryl methyl sites for hydroxylation is 1. The van der Waals surface area contributed by atoms with Crippen LogP contribution in [0.1, 0.15) is 5.56 Å². The number of aromatic nitrogens is 2. The molecule has 0 aliphatic rings. The molecule has 1 aromatic carbocycles. The zero-order chi connectivity index (χ0) is 9.80. The van der Waals surface area contributed by atoms with Crippen LogP contribution in [0.25, 0.3) is 0 Å². The van der Waals surface area contributed by atoms with Gasteiger partial charge in [-0.1, -0.05) is 17.7 Å². The van der Waals surface area contributed by atoms with E-state index in [4.69, 9.17) is 0 Å². The Kier molecular flexibility index (Phi) is 2.36. The zero-order valence-corrected chi connectivity index (χ0v) is 7.81. The molecule has 1 heterocycles. The largest absolute Gasteiger partial charge is 0.328 e. The molecule has 0 fully saturated rings. The number of nitrogens with one attached hydrogen (secondary N) is 1. The fourth-order valence-electron chi connectivity index (χ4n) is 1.03. The van der Waals surface area contributed by atoms with E-state index < -0.39 is 0 Å². The van der Waals surface area contributed by atoms with E-state index in [0.717, 1.165) is 5.69 Å². The van der Waals surface area contributed by atoms with Crippen LogP contribution in [0.2, 0.25) is 0 Å². The van der Waals surface area contributed by atoms with Gasteiger partial charge in [0.25, 0.3) is 0 Å². The summed E-state index contributed by atoms with van der Waals surface area (Å²) in [4.78, 5) is 6.78. The van der Waals surface area contributed by atoms with Crippen LogP contribution in [0, 0.1) is 6.92 Å². The van der Waals surface area contributed by atoms with Crippen molar-refractivity contribution in [3.05, 3.63) is 42.2 Å². The third-order valence-corrected chi connectivity index (χ3v) is 1.78. The monoisotopic (exact) mass is 186 g/mol. The highest BCUT2D eigenvalue weighted by molar-refractivity contribution is 5.38. The van der Waals surface area contributed by atoms with Crippen LogP contribution in [0.3, 0.4) is 0 Å². The zero-order valence-electron chi connectivity index (χ0n) is 7.81. The second-order valence-electron chi connectivity index (χ2n) is 2.95. The number of benzene rings is 1. The van der Waals surface area contributed by atoms with Gasteiger partial charge in [-0.2, -0.15) is 0 Å². The van der Waals surface area contributed by atoms with Gasteiger partial charge in [0.05, 0.1) is 5.69 Å². The fraction of sp³-hybridized carbons (Fsp3) is 0.100. The van der Waals surface area contributed by atoms with Crippen molar-refractivity contribution in [3.8, 4) is 0 Å². The van der Waals surface area contributed by atoms with Crippen molar-refractivity contribution in [1.29, 1.82) is 0 Å². The molecule has 4 nitrogen and oxygen atoms in total. The molecule has 0 bridgehead atoms. The predicted molar refractivity (Wildman–Crippen MR) is 53.9 cm³/mol. The van der Waals surface area contributed by atoms with Crippen molar-refractivity contribution in [2.24, 2.45) is 10.2 Å². The van der Waals surface area contributed by atoms with Crippen molar-refractivity contribution in [2.45, 2.75) is 6.92 Å². The molecule has 0 aliphatic heterocycles. The van der Waals surface area contributed by atoms with Gasteiger partial charge in [0, 0.05) is 12.4 Å². The summed E-state index contributed by atoms with van der Waals surface area (Å²) < 4.78 is 0. The highest BCUT2D eigenvalue weighted by Crippen LogP contribution is 2.15. The first-order valence-electron chi connectivity index (χ1n) is 4.32. The van der Waals surface area contributed by atoms with Gasteiger partial charge in [0.2, 0.25) is 5.95 Å². The average molecular weight is 186 g/mol. The van der Waals surface area contributed by atoms with Crippen LogP contribution in [0.15, 0.2) is 46.9 Å². The number of rotatable bonds is 2. The van der Waals surface area contributed by atoms with E-state index in [1.165, 1.54) is 5.56 Å². The molecule has 0 saturated heterocycles. The van der Waals surface area contributed by atoms with Gasteiger partial charge >= 0.3 is 0 Å². The summed E-state index contributed by atoms with van der Waals surface area (Å²) in [5.74, 6) is 0.519. The van der Waals surface area contributed by atoms with Crippen LogP contribution in [-0.2, 0) is 0 Å². The number of hydrogen-bond donors (Lipinski definition) is 1. The summed E-state index contributed by atoms with van der Waals surface area (Å²) in [7, 11) is 0. The Morgan fingerprint density at radius 2 is 1.93 bits per heavy atom. The van der Waals surface area contributed by atoms with Gasteiger partial charge in [-0.3, -0.25) is 0 Å². The first kappa shape index (κ1) is 8.62. The third kappa shape index (κ3) is 2.04. The maximum atomic E-state index is 4.02. The molecule has 0 saturated carbocycles. The molecule has 14 heavy (non-hydrogen) atoms. The summed E-state index contributed by atoms with van der Waals surface area (Å²) in [6.45, 7) is 2.04. The molecule has 2 rings (SSSR count). The maximum absolute atomic E-state index is 4.02. The van der Waals surface area contributed by atoms with Gasteiger partial charge in [-0.15, -0.1) is 10.2 Å². The molecule has 4 heteroatoms. The van der Waals surface area contributed by atoms with Crippen molar-refractivity contribution in [2.75, 3.05) is 0 Å². The Morgan fingerprint density at radius 1 is 1.14 bits per heavy atom. The second-order valence-corrected chi connectivity index (χ2v) is 2.95. The quantitative estimate of drug-likeness (QED) is 0.719. The molecule has 0 spiro atoms. The van der Waals surface area contributed by atoms with Crippen LogP contribution in [-0.4, -0.2) is 9.97 Å². The summed E-state index contributed by atoms with van der Waals surface area (Å²) in [6.07, 6.45) is 3.35. The number of aromatic amines is 1. The summed E-state index contributed by atoms with van der Waals surface area (Å²) in [5.41, 5.74) is 2.04. The molecule has 1 aromatic heterocycles. The maximum Gasteiger partial charge on any atom is 0.246 e. The normalized spacial score (nSPS) is 10.9. The lowest BCUT2D eigenvalue weighted by Crippen LogP contribution is -1.68. The Balaban J connectivity index is 2.15. The van der Waals surface area contributed by atoms with Crippen LogP contribution in [0.5, 0.6) is 0 Å². The van der Waals surface area contributed by atoms with E-state index in [0.29, 0.717) is 5.95 Å². The van der Waals surface area contributed by atoms with Crippen molar-refractivity contribution < 1.29 is 0 Å². The Bertz CT molecular complexity index is 414. The molecule has 0 unspecified atom stereocenters. The highest BCUT2D eigenvalue weighted by Gasteiger charge is 1.90. The van der Waals surface area contributed by atoms with Gasteiger partial charge < -0.3 is 4.98 Å². The SMILES string of the molecule is Cc1ccc(/N=N/c2ncc[nH]2)cc1. The summed E-state index contributed by atoms with van der Waals surface area (Å²) >= 11 is 0. The van der Waals surface area contributed by atoms with Crippen LogP contribution < -0.4 is 0 Å². The van der Waals surface area contributed by atoms with E-state index in [1.54, 1.807) is 12.4 Å². The lowest BCUT2D eigenvalue weighted by atomic mass is 10.2. The summed E-state index contributed by atoms with van der Waals surface area (Å²) in [6, 6.07) is 7.83. The third-order valence-electron chi connectivity index (χ3n) is 1.78. The smallest absolute Gasteiger partial charge is 0.246 e. The van der Waals surface area contributed by atoms with Crippen molar-refractivity contribution >= 4 is 11.6 Å². The fourth-order valence-corrected chi connectivity index (χ4v) is 1.03. The highest BCUT2D eigenvalue weighted by atomic mass is 15.2. The Morgan fingerprint density at radius 3 is 2.57 bits per heavy atom. The molecule has 70 valence electrons. The molecule has 2 aromatic rings. The molecule has 0 radical (unpaired) electrons. The number of nitrogens with zero attached hydrogens (tertiary/aromatic N) is 3. The minimum Gasteiger partial charge on any atom is -0.328 e. The topological polar surface area (TPSA) is 53.4 Å². The van der Waals surface area contributed by atoms with Gasteiger partial charge in [0.15, 0.2) is 0 Å². The molecule has 1 N–H and O–H groups in total. The van der Waals surface area contributed by atoms with Gasteiger partial charge in [-0.05, 0) is 19.1 Å². The first-order chi connectivity index (χ1) is 6.84. The van der Waals surface area contributed by atoms with Crippen LogP contribution in [0.4, 0.5) is 11.6 Å². The van der Waals surface area contributed by atoms with E-state index in [9.17, 15) is 0 Å². The lowest BCUT2D eigenvalue weighted by Gasteiger charge is -1.91. The van der Waals surface area contributed by atoms with E-state index in [1.807, 2.05) is 31.2 Å². The second kappa shape index (κ2) is 3.83. The standard InChI is InChI=1S/C10H10N4/c1-8-2-4-9(5-3-8)13-14-10-11-6-7-12-10/h2-7H,1H3,(H,11,12)/b14-13+. The number of azo groups is 1. The Labute approximate surface area is 81.7 Å². The molecular formula is C10H10N4. The van der Waals surface area contributed by atoms with Crippen molar-refractivity contribution in [3.63, 3.8) is 0 Å². The van der Waals surface area contributed by atoms with Gasteiger partial charge in [-0.25, -0.2) is 4.98 Å². The minimum absolute atomic E-state index is 0.519. The summed E-state index contributed by atoms with van der Waals surface area (Å²) in [5, 5.41) is 7.95. The Hall–Kier alpha value is -1.97. The molecule has 0 atom stereocenters. The van der Waals surface area contributed by atoms with Gasteiger partial charge in [0.1, 0.15) is 0 Å². The average Bonchev–Trinajstić information content (AvgIpc) is 2.70. The lowest BCUT2D eigenvalue weighted by molar-refractivity contribution is 1.12. The van der Waals surface area contributed by atoms with Crippen LogP contribution >= 0.6 is 0 Å². The number of H-pyrrole nitrogens is 1. The number of hydrogen-bond acceptors (Lipinski definition) is 3. The van der Waals surface area contributed by atoms with Crippen molar-refractivity contribution in [1.82, 2.24) is 9.97 Å². The first-order valence-corrected chi connectivity index (χ1v) is 4.32.